The van der Waals surface area contributed by atoms with Gasteiger partial charge in [0.05, 0.1) is 5.60 Å². The van der Waals surface area contributed by atoms with Gasteiger partial charge in [0, 0.05) is 26.6 Å². The van der Waals surface area contributed by atoms with E-state index >= 15 is 0 Å². The summed E-state index contributed by atoms with van der Waals surface area (Å²) in [5, 5.41) is 2.75. The van der Waals surface area contributed by atoms with Gasteiger partial charge in [0.25, 0.3) is 0 Å². The van der Waals surface area contributed by atoms with E-state index in [2.05, 4.69) is 5.32 Å². The Morgan fingerprint density at radius 3 is 2.23 bits per heavy atom. The highest BCUT2D eigenvalue weighted by Crippen LogP contribution is 2.32. The van der Waals surface area contributed by atoms with Gasteiger partial charge in [-0.1, -0.05) is 0 Å². The van der Waals surface area contributed by atoms with Gasteiger partial charge < -0.3 is 10.1 Å². The molecule has 6 heteroatoms. The molecule has 0 spiro atoms. The highest BCUT2D eigenvalue weighted by Gasteiger charge is 2.48. The molecule has 0 aromatic carbocycles. The van der Waals surface area contributed by atoms with Crippen LogP contribution in [-0.4, -0.2) is 38.1 Å². The van der Waals surface area contributed by atoms with E-state index in [1.807, 2.05) is 0 Å². The molecular formula is C7H11F4NO. The van der Waals surface area contributed by atoms with Gasteiger partial charge in [-0.3, -0.25) is 0 Å². The largest absolute Gasteiger partial charge is 0.419 e. The van der Waals surface area contributed by atoms with Crippen LogP contribution in [0.4, 0.5) is 17.6 Å². The zero-order chi connectivity index (χ0) is 10.1. The van der Waals surface area contributed by atoms with E-state index in [1.165, 1.54) is 7.11 Å². The molecule has 1 saturated heterocycles. The Morgan fingerprint density at radius 2 is 2.00 bits per heavy atom. The molecule has 1 aliphatic heterocycles. The number of nitrogens with one attached hydrogen (secondary N) is 1. The smallest absolute Gasteiger partial charge is 0.375 e. The standard InChI is InChI=1S/C7H11F4NO/c1-13-6(3-12-4-6)2-5(8)7(9,10)11/h5,12H,2-4H2,1H3. The lowest BCUT2D eigenvalue weighted by atomic mass is 9.90. The summed E-state index contributed by atoms with van der Waals surface area (Å²) in [6.07, 6.45) is -8.20. The molecule has 1 unspecified atom stereocenters. The molecule has 1 heterocycles. The topological polar surface area (TPSA) is 21.3 Å². The third-order valence-corrected chi connectivity index (χ3v) is 2.23. The van der Waals surface area contributed by atoms with Gasteiger partial charge in [0.2, 0.25) is 0 Å². The van der Waals surface area contributed by atoms with Crippen molar-refractivity contribution < 1.29 is 22.3 Å². The molecule has 0 saturated carbocycles. The summed E-state index contributed by atoms with van der Waals surface area (Å²) in [6.45, 7) is 0.556. The minimum absolute atomic E-state index is 0.278. The van der Waals surface area contributed by atoms with Gasteiger partial charge in [-0.05, 0) is 0 Å². The molecule has 13 heavy (non-hydrogen) atoms. The third kappa shape index (κ3) is 2.31. The number of halogens is 4. The van der Waals surface area contributed by atoms with Crippen LogP contribution in [0.5, 0.6) is 0 Å². The maximum atomic E-state index is 12.6. The van der Waals surface area contributed by atoms with Crippen molar-refractivity contribution in [3.05, 3.63) is 0 Å². The van der Waals surface area contributed by atoms with Crippen molar-refractivity contribution in [1.82, 2.24) is 5.32 Å². The molecular weight excluding hydrogens is 190 g/mol. The fraction of sp³-hybridized carbons (Fsp3) is 1.00. The first-order valence-electron chi connectivity index (χ1n) is 3.86. The zero-order valence-electron chi connectivity index (χ0n) is 7.12. The Morgan fingerprint density at radius 1 is 1.46 bits per heavy atom. The maximum Gasteiger partial charge on any atom is 0.419 e. The van der Waals surface area contributed by atoms with Crippen molar-refractivity contribution in [3.8, 4) is 0 Å². The van der Waals surface area contributed by atoms with Gasteiger partial charge in [0.15, 0.2) is 6.17 Å². The lowest BCUT2D eigenvalue weighted by Crippen LogP contribution is -2.62. The minimum Gasteiger partial charge on any atom is -0.375 e. The number of hydrogen-bond donors (Lipinski definition) is 1. The number of alkyl halides is 4. The molecule has 0 amide bonds. The van der Waals surface area contributed by atoms with Crippen molar-refractivity contribution >= 4 is 0 Å². The Labute approximate surface area is 73.2 Å². The normalized spacial score (nSPS) is 23.8. The summed E-state index contributed by atoms with van der Waals surface area (Å²) in [5.41, 5.74) is -0.963. The average Bonchev–Trinajstić information content (AvgIpc) is 1.94. The predicted octanol–water partition coefficient (Wildman–Crippen LogP) is 1.27. The van der Waals surface area contributed by atoms with Crippen molar-refractivity contribution in [2.75, 3.05) is 20.2 Å². The van der Waals surface area contributed by atoms with Crippen LogP contribution < -0.4 is 5.32 Å². The molecule has 0 bridgehead atoms. The van der Waals surface area contributed by atoms with Gasteiger partial charge >= 0.3 is 6.18 Å². The highest BCUT2D eigenvalue weighted by atomic mass is 19.4. The van der Waals surface area contributed by atoms with Crippen molar-refractivity contribution in [2.24, 2.45) is 0 Å². The van der Waals surface area contributed by atoms with Crippen molar-refractivity contribution in [2.45, 2.75) is 24.4 Å². The molecule has 0 aliphatic carbocycles. The molecule has 0 radical (unpaired) electrons. The van der Waals surface area contributed by atoms with Gasteiger partial charge in [-0.2, -0.15) is 13.2 Å². The second-order valence-corrected chi connectivity index (χ2v) is 3.20. The number of rotatable bonds is 3. The van der Waals surface area contributed by atoms with E-state index in [0.717, 1.165) is 0 Å². The molecule has 1 fully saturated rings. The molecule has 0 aromatic rings. The summed E-state index contributed by atoms with van der Waals surface area (Å²) < 4.78 is 52.9. The highest BCUT2D eigenvalue weighted by molar-refractivity contribution is 4.97. The first kappa shape index (κ1) is 10.7. The summed E-state index contributed by atoms with van der Waals surface area (Å²) in [7, 11) is 1.30. The van der Waals surface area contributed by atoms with Gasteiger partial charge in [-0.25, -0.2) is 4.39 Å². The summed E-state index contributed by atoms with van der Waals surface area (Å²) in [6, 6.07) is 0. The molecule has 1 aliphatic rings. The summed E-state index contributed by atoms with van der Waals surface area (Å²) in [5.74, 6) is 0. The number of hydrogen-bond acceptors (Lipinski definition) is 2. The molecule has 0 aromatic heterocycles. The van der Waals surface area contributed by atoms with Crippen LogP contribution in [0.3, 0.4) is 0 Å². The Bertz CT molecular complexity index is 172. The molecule has 2 nitrogen and oxygen atoms in total. The molecule has 78 valence electrons. The Balaban J connectivity index is 2.47. The first-order valence-corrected chi connectivity index (χ1v) is 3.86. The van der Waals surface area contributed by atoms with Gasteiger partial charge in [-0.15, -0.1) is 0 Å². The van der Waals surface area contributed by atoms with E-state index in [0.29, 0.717) is 0 Å². The van der Waals surface area contributed by atoms with Crippen LogP contribution in [0.15, 0.2) is 0 Å². The second-order valence-electron chi connectivity index (χ2n) is 3.20. The number of ether oxygens (including phenoxy) is 1. The third-order valence-electron chi connectivity index (χ3n) is 2.23. The Hall–Kier alpha value is -0.360. The SMILES string of the molecule is COC1(CC(F)C(F)(F)F)CNC1. The van der Waals surface area contributed by atoms with Crippen LogP contribution in [0.1, 0.15) is 6.42 Å². The van der Waals surface area contributed by atoms with Crippen LogP contribution in [-0.2, 0) is 4.74 Å². The lowest BCUT2D eigenvalue weighted by Gasteiger charge is -2.42. The van der Waals surface area contributed by atoms with E-state index in [9.17, 15) is 17.6 Å². The molecule has 1 rings (SSSR count). The maximum absolute atomic E-state index is 12.6. The fourth-order valence-corrected chi connectivity index (χ4v) is 1.22. The van der Waals surface area contributed by atoms with Crippen molar-refractivity contribution in [3.63, 3.8) is 0 Å². The summed E-state index contributed by atoms with van der Waals surface area (Å²) in [4.78, 5) is 0. The van der Waals surface area contributed by atoms with E-state index in [-0.39, 0.29) is 13.1 Å². The molecule has 1 N–H and O–H groups in total. The summed E-state index contributed by atoms with van der Waals surface area (Å²) >= 11 is 0. The van der Waals surface area contributed by atoms with Crippen LogP contribution in [0.2, 0.25) is 0 Å². The lowest BCUT2D eigenvalue weighted by molar-refractivity contribution is -0.201. The van der Waals surface area contributed by atoms with E-state index in [4.69, 9.17) is 4.74 Å². The van der Waals surface area contributed by atoms with Gasteiger partial charge in [0.1, 0.15) is 0 Å². The van der Waals surface area contributed by atoms with Crippen molar-refractivity contribution in [1.29, 1.82) is 0 Å². The zero-order valence-corrected chi connectivity index (χ0v) is 7.12. The number of methoxy groups -OCH3 is 1. The monoisotopic (exact) mass is 201 g/mol. The Kier molecular flexibility index (Phi) is 2.82. The fourth-order valence-electron chi connectivity index (χ4n) is 1.22. The van der Waals surface area contributed by atoms with Crippen LogP contribution in [0.25, 0.3) is 0 Å². The van der Waals surface area contributed by atoms with Crippen LogP contribution >= 0.6 is 0 Å². The van der Waals surface area contributed by atoms with E-state index in [1.54, 1.807) is 0 Å². The van der Waals surface area contributed by atoms with Crippen LogP contribution in [0, 0.1) is 0 Å². The minimum atomic E-state index is -4.78. The average molecular weight is 201 g/mol. The predicted molar refractivity (Wildman–Crippen MR) is 38.2 cm³/mol. The molecule has 1 atom stereocenters. The second kappa shape index (κ2) is 3.42. The first-order chi connectivity index (χ1) is 5.90. The van der Waals surface area contributed by atoms with E-state index < -0.39 is 24.4 Å². The quantitative estimate of drug-likeness (QED) is 0.694.